The normalized spacial score (nSPS) is 9.93. The highest BCUT2D eigenvalue weighted by atomic mass is 16.7. The summed E-state index contributed by atoms with van der Waals surface area (Å²) < 4.78 is 15.1. The first-order valence-corrected chi connectivity index (χ1v) is 8.37. The zero-order valence-electron chi connectivity index (χ0n) is 14.9. The van der Waals surface area contributed by atoms with E-state index >= 15 is 0 Å². The van der Waals surface area contributed by atoms with E-state index in [2.05, 4.69) is 5.32 Å². The fraction of sp³-hybridized carbons (Fsp3) is 0. The molecule has 0 bridgehead atoms. The van der Waals surface area contributed by atoms with Crippen molar-refractivity contribution in [1.82, 2.24) is 0 Å². The number of carboxylic acids is 1. The molecule has 8 nitrogen and oxygen atoms in total. The molecule has 0 aliphatic rings. The number of aromatic carboxylic acids is 1. The van der Waals surface area contributed by atoms with Crippen LogP contribution in [0.5, 0.6) is 17.2 Å². The van der Waals surface area contributed by atoms with Crippen LogP contribution in [0, 0.1) is 0 Å². The third kappa shape index (κ3) is 5.57. The van der Waals surface area contributed by atoms with Crippen molar-refractivity contribution in [2.45, 2.75) is 0 Å². The number of para-hydroxylation sites is 2. The first-order chi connectivity index (χ1) is 14.0. The van der Waals surface area contributed by atoms with Gasteiger partial charge in [-0.05, 0) is 36.4 Å². The summed E-state index contributed by atoms with van der Waals surface area (Å²) in [5, 5.41) is 11.7. The third-order valence-electron chi connectivity index (χ3n) is 3.55. The van der Waals surface area contributed by atoms with Crippen molar-refractivity contribution >= 4 is 23.9 Å². The SMILES string of the molecule is O=C(Nc1ccc(C(=O)O)c(OC(=O)Oc2ccccc2)c1)Oc1ccccc1. The van der Waals surface area contributed by atoms with Crippen LogP contribution < -0.4 is 19.5 Å². The lowest BCUT2D eigenvalue weighted by Crippen LogP contribution is -2.18. The number of rotatable bonds is 5. The van der Waals surface area contributed by atoms with Gasteiger partial charge in [0, 0.05) is 11.8 Å². The van der Waals surface area contributed by atoms with Gasteiger partial charge in [-0.25, -0.2) is 14.4 Å². The molecule has 3 aromatic rings. The molecule has 0 saturated heterocycles. The number of nitrogens with one attached hydrogen (secondary N) is 1. The van der Waals surface area contributed by atoms with E-state index in [1.165, 1.54) is 30.3 Å². The van der Waals surface area contributed by atoms with Gasteiger partial charge < -0.3 is 19.3 Å². The molecule has 1 amide bonds. The number of hydrogen-bond donors (Lipinski definition) is 2. The molecular weight excluding hydrogens is 378 g/mol. The minimum Gasteiger partial charge on any atom is -0.478 e. The summed E-state index contributed by atoms with van der Waals surface area (Å²) in [6.07, 6.45) is -1.92. The quantitative estimate of drug-likeness (QED) is 0.482. The number of carbonyl (C=O) groups is 3. The Balaban J connectivity index is 1.72. The van der Waals surface area contributed by atoms with E-state index in [0.717, 1.165) is 0 Å². The number of ether oxygens (including phenoxy) is 3. The maximum atomic E-state index is 12.0. The van der Waals surface area contributed by atoms with Crippen molar-refractivity contribution in [2.75, 3.05) is 5.32 Å². The van der Waals surface area contributed by atoms with Crippen LogP contribution in [0.1, 0.15) is 10.4 Å². The lowest BCUT2D eigenvalue weighted by Gasteiger charge is -2.11. The molecule has 146 valence electrons. The van der Waals surface area contributed by atoms with Crippen LogP contribution >= 0.6 is 0 Å². The van der Waals surface area contributed by atoms with Crippen molar-refractivity contribution in [1.29, 1.82) is 0 Å². The molecule has 29 heavy (non-hydrogen) atoms. The summed E-state index contributed by atoms with van der Waals surface area (Å²) in [5.74, 6) is -1.05. The van der Waals surface area contributed by atoms with Gasteiger partial charge in [-0.3, -0.25) is 5.32 Å². The van der Waals surface area contributed by atoms with Gasteiger partial charge >= 0.3 is 18.2 Å². The lowest BCUT2D eigenvalue weighted by molar-refractivity contribution is 0.0693. The maximum Gasteiger partial charge on any atom is 0.519 e. The lowest BCUT2D eigenvalue weighted by atomic mass is 10.2. The van der Waals surface area contributed by atoms with E-state index in [1.54, 1.807) is 48.5 Å². The number of benzene rings is 3. The third-order valence-corrected chi connectivity index (χ3v) is 3.55. The summed E-state index contributed by atoms with van der Waals surface area (Å²) >= 11 is 0. The Morgan fingerprint density at radius 1 is 0.724 bits per heavy atom. The number of carbonyl (C=O) groups excluding carboxylic acids is 2. The summed E-state index contributed by atoms with van der Waals surface area (Å²) in [4.78, 5) is 35.4. The molecule has 0 aliphatic heterocycles. The zero-order chi connectivity index (χ0) is 20.6. The topological polar surface area (TPSA) is 111 Å². The highest BCUT2D eigenvalue weighted by molar-refractivity contribution is 5.94. The van der Waals surface area contributed by atoms with Crippen molar-refractivity contribution in [3.05, 3.63) is 84.4 Å². The smallest absolute Gasteiger partial charge is 0.478 e. The number of carboxylic acid groups (broad SMARTS) is 1. The maximum absolute atomic E-state index is 12.0. The van der Waals surface area contributed by atoms with Gasteiger partial charge in [0.25, 0.3) is 0 Å². The van der Waals surface area contributed by atoms with Crippen molar-refractivity contribution in [3.63, 3.8) is 0 Å². The number of hydrogen-bond acceptors (Lipinski definition) is 6. The molecule has 0 radical (unpaired) electrons. The fourth-order valence-electron chi connectivity index (χ4n) is 2.30. The fourth-order valence-corrected chi connectivity index (χ4v) is 2.30. The molecule has 2 N–H and O–H groups in total. The molecule has 0 saturated carbocycles. The minimum absolute atomic E-state index is 0.165. The Hall–Kier alpha value is -4.33. The summed E-state index contributed by atoms with van der Waals surface area (Å²) in [6, 6.07) is 20.2. The monoisotopic (exact) mass is 393 g/mol. The minimum atomic E-state index is -1.31. The first kappa shape index (κ1) is 19.4. The van der Waals surface area contributed by atoms with Gasteiger partial charge in [-0.1, -0.05) is 36.4 Å². The molecule has 3 aromatic carbocycles. The Bertz CT molecular complexity index is 1020. The highest BCUT2D eigenvalue weighted by Crippen LogP contribution is 2.25. The summed E-state index contributed by atoms with van der Waals surface area (Å²) in [6.45, 7) is 0. The van der Waals surface area contributed by atoms with Crippen LogP contribution in [0.4, 0.5) is 15.3 Å². The predicted molar refractivity (Wildman–Crippen MR) is 103 cm³/mol. The van der Waals surface area contributed by atoms with E-state index in [0.29, 0.717) is 5.75 Å². The van der Waals surface area contributed by atoms with Gasteiger partial charge in [0.1, 0.15) is 17.1 Å². The molecule has 0 heterocycles. The first-order valence-electron chi connectivity index (χ1n) is 8.37. The van der Waals surface area contributed by atoms with E-state index in [-0.39, 0.29) is 22.7 Å². The molecular formula is C21H15NO7. The van der Waals surface area contributed by atoms with E-state index in [9.17, 15) is 19.5 Å². The highest BCUT2D eigenvalue weighted by Gasteiger charge is 2.18. The molecule has 0 fully saturated rings. The van der Waals surface area contributed by atoms with Crippen molar-refractivity contribution < 1.29 is 33.7 Å². The Morgan fingerprint density at radius 2 is 1.31 bits per heavy atom. The van der Waals surface area contributed by atoms with Crippen molar-refractivity contribution in [2.24, 2.45) is 0 Å². The van der Waals surface area contributed by atoms with Crippen LogP contribution in [0.3, 0.4) is 0 Å². The Kier molecular flexibility index (Phi) is 6.06. The van der Waals surface area contributed by atoms with Gasteiger partial charge in [-0.15, -0.1) is 0 Å². The zero-order valence-corrected chi connectivity index (χ0v) is 14.9. The van der Waals surface area contributed by atoms with Crippen LogP contribution in [-0.2, 0) is 0 Å². The van der Waals surface area contributed by atoms with Gasteiger partial charge in [0.2, 0.25) is 0 Å². The van der Waals surface area contributed by atoms with Crippen LogP contribution in [0.15, 0.2) is 78.9 Å². The van der Waals surface area contributed by atoms with E-state index < -0.39 is 18.2 Å². The Morgan fingerprint density at radius 3 is 1.90 bits per heavy atom. The molecule has 0 aliphatic carbocycles. The molecule has 3 rings (SSSR count). The van der Waals surface area contributed by atoms with Gasteiger partial charge in [0.05, 0.1) is 0 Å². The molecule has 0 unspecified atom stereocenters. The molecule has 8 heteroatoms. The van der Waals surface area contributed by atoms with Gasteiger partial charge in [-0.2, -0.15) is 0 Å². The molecule has 0 atom stereocenters. The Labute approximate surface area is 165 Å². The van der Waals surface area contributed by atoms with Gasteiger partial charge in [0.15, 0.2) is 5.75 Å². The number of anilines is 1. The molecule has 0 aromatic heterocycles. The summed E-state index contributed by atoms with van der Waals surface area (Å²) in [7, 11) is 0. The van der Waals surface area contributed by atoms with Crippen LogP contribution in [0.25, 0.3) is 0 Å². The molecule has 0 spiro atoms. The van der Waals surface area contributed by atoms with Crippen LogP contribution in [0.2, 0.25) is 0 Å². The largest absolute Gasteiger partial charge is 0.519 e. The number of amides is 1. The van der Waals surface area contributed by atoms with Crippen LogP contribution in [-0.4, -0.2) is 23.3 Å². The second kappa shape index (κ2) is 9.05. The second-order valence-electron chi connectivity index (χ2n) is 5.61. The van der Waals surface area contributed by atoms with E-state index in [4.69, 9.17) is 14.2 Å². The average molecular weight is 393 g/mol. The average Bonchev–Trinajstić information content (AvgIpc) is 2.69. The standard InChI is InChI=1S/C21H15NO7/c23-19(24)17-12-11-14(22-20(25)27-15-7-3-1-4-8-15)13-18(17)29-21(26)28-16-9-5-2-6-10-16/h1-13H,(H,22,25)(H,23,24). The van der Waals surface area contributed by atoms with Crippen molar-refractivity contribution in [3.8, 4) is 17.2 Å². The van der Waals surface area contributed by atoms with E-state index in [1.807, 2.05) is 0 Å². The predicted octanol–water partition coefficient (Wildman–Crippen LogP) is 4.57. The summed E-state index contributed by atoms with van der Waals surface area (Å²) in [5.41, 5.74) is -0.115. The second-order valence-corrected chi connectivity index (χ2v) is 5.61.